The number of amides is 2. The van der Waals surface area contributed by atoms with E-state index in [4.69, 9.17) is 0 Å². The molecule has 5 nitrogen and oxygen atoms in total. The van der Waals surface area contributed by atoms with Crippen LogP contribution in [0.25, 0.3) is 0 Å². The SMILES string of the molecule is CCCCN1C(=O)[C@@H](CC(=O)N(C)C)Sc2ncccc21. The first kappa shape index (κ1) is 15.8. The Morgan fingerprint density at radius 3 is 2.90 bits per heavy atom. The van der Waals surface area contributed by atoms with Crippen LogP contribution in [0.2, 0.25) is 0 Å². The van der Waals surface area contributed by atoms with E-state index in [-0.39, 0.29) is 23.5 Å². The maximum Gasteiger partial charge on any atom is 0.241 e. The number of nitrogens with zero attached hydrogens (tertiary/aromatic N) is 3. The molecule has 1 atom stereocenters. The minimum atomic E-state index is -0.376. The third-order valence-corrected chi connectivity index (χ3v) is 4.62. The number of hydrogen-bond donors (Lipinski definition) is 0. The number of carbonyl (C=O) groups excluding carboxylic acids is 2. The Morgan fingerprint density at radius 2 is 2.24 bits per heavy atom. The fraction of sp³-hybridized carbons (Fsp3) is 0.533. The lowest BCUT2D eigenvalue weighted by atomic mass is 10.2. The smallest absolute Gasteiger partial charge is 0.241 e. The summed E-state index contributed by atoms with van der Waals surface area (Å²) in [7, 11) is 3.42. The first-order chi connectivity index (χ1) is 10.0. The van der Waals surface area contributed by atoms with Crippen molar-refractivity contribution < 1.29 is 9.59 Å². The van der Waals surface area contributed by atoms with E-state index in [1.54, 1.807) is 25.2 Å². The second kappa shape index (κ2) is 6.93. The van der Waals surface area contributed by atoms with Gasteiger partial charge in [0.25, 0.3) is 0 Å². The van der Waals surface area contributed by atoms with Gasteiger partial charge in [0, 0.05) is 33.3 Å². The maximum absolute atomic E-state index is 12.7. The summed E-state index contributed by atoms with van der Waals surface area (Å²) in [6, 6.07) is 3.77. The Morgan fingerprint density at radius 1 is 1.48 bits per heavy atom. The maximum atomic E-state index is 12.7. The molecule has 0 bridgehead atoms. The lowest BCUT2D eigenvalue weighted by Gasteiger charge is -2.33. The first-order valence-corrected chi connectivity index (χ1v) is 8.05. The molecule has 2 heterocycles. The predicted molar refractivity (Wildman–Crippen MR) is 84.5 cm³/mol. The summed E-state index contributed by atoms with van der Waals surface area (Å²) in [6.07, 6.45) is 3.91. The fourth-order valence-corrected chi connectivity index (χ4v) is 3.32. The van der Waals surface area contributed by atoms with Crippen molar-refractivity contribution >= 4 is 29.3 Å². The second-order valence-corrected chi connectivity index (χ2v) is 6.46. The van der Waals surface area contributed by atoms with Crippen LogP contribution >= 0.6 is 11.8 Å². The molecule has 1 aliphatic rings. The van der Waals surface area contributed by atoms with E-state index in [0.717, 1.165) is 23.6 Å². The number of anilines is 1. The molecule has 1 aromatic heterocycles. The van der Waals surface area contributed by atoms with Crippen LogP contribution in [-0.4, -0.2) is 47.6 Å². The lowest BCUT2D eigenvalue weighted by Crippen LogP contribution is -2.43. The zero-order chi connectivity index (χ0) is 15.4. The standard InChI is InChI=1S/C15H21N3O2S/c1-4-5-9-18-11-7-6-8-16-14(11)21-12(15(18)20)10-13(19)17(2)3/h6-8,12H,4-5,9-10H2,1-3H3/t12-/m1/s1. The molecule has 0 fully saturated rings. The van der Waals surface area contributed by atoms with Crippen LogP contribution in [0.3, 0.4) is 0 Å². The topological polar surface area (TPSA) is 53.5 Å². The van der Waals surface area contributed by atoms with Crippen LogP contribution in [0.4, 0.5) is 5.69 Å². The van der Waals surface area contributed by atoms with Crippen molar-refractivity contribution in [3.63, 3.8) is 0 Å². The number of rotatable bonds is 5. The molecule has 0 aliphatic carbocycles. The molecular formula is C15H21N3O2S. The molecule has 2 rings (SSSR count). The average molecular weight is 307 g/mol. The van der Waals surface area contributed by atoms with Gasteiger partial charge in [0.05, 0.1) is 10.9 Å². The summed E-state index contributed by atoms with van der Waals surface area (Å²) in [5.74, 6) is -0.0141. The minimum absolute atomic E-state index is 0.0177. The van der Waals surface area contributed by atoms with E-state index in [9.17, 15) is 9.59 Å². The van der Waals surface area contributed by atoms with Gasteiger partial charge >= 0.3 is 0 Å². The molecule has 0 radical (unpaired) electrons. The summed E-state index contributed by atoms with van der Waals surface area (Å²) in [5, 5.41) is 0.462. The highest BCUT2D eigenvalue weighted by atomic mass is 32.2. The first-order valence-electron chi connectivity index (χ1n) is 7.17. The van der Waals surface area contributed by atoms with Gasteiger partial charge < -0.3 is 9.80 Å². The van der Waals surface area contributed by atoms with E-state index in [0.29, 0.717) is 6.54 Å². The van der Waals surface area contributed by atoms with Crippen LogP contribution in [-0.2, 0) is 9.59 Å². The van der Waals surface area contributed by atoms with E-state index in [1.165, 1.54) is 16.7 Å². The summed E-state index contributed by atoms with van der Waals surface area (Å²) >= 11 is 1.40. The van der Waals surface area contributed by atoms with Gasteiger partial charge in [-0.1, -0.05) is 25.1 Å². The molecule has 0 saturated carbocycles. The summed E-state index contributed by atoms with van der Waals surface area (Å²) in [5.41, 5.74) is 0.870. The zero-order valence-corrected chi connectivity index (χ0v) is 13.5. The van der Waals surface area contributed by atoms with Gasteiger partial charge in [-0.05, 0) is 18.6 Å². The summed E-state index contributed by atoms with van der Waals surface area (Å²) < 4.78 is 0. The minimum Gasteiger partial charge on any atom is -0.349 e. The quantitative estimate of drug-likeness (QED) is 0.836. The van der Waals surface area contributed by atoms with Gasteiger partial charge in [-0.3, -0.25) is 9.59 Å². The molecule has 1 aromatic rings. The molecule has 0 aromatic carbocycles. The van der Waals surface area contributed by atoms with Crippen LogP contribution in [0, 0.1) is 0 Å². The Kier molecular flexibility index (Phi) is 5.22. The second-order valence-electron chi connectivity index (χ2n) is 5.27. The summed E-state index contributed by atoms with van der Waals surface area (Å²) in [4.78, 5) is 32.2. The van der Waals surface area contributed by atoms with E-state index in [2.05, 4.69) is 11.9 Å². The van der Waals surface area contributed by atoms with E-state index < -0.39 is 0 Å². The normalized spacial score (nSPS) is 17.6. The zero-order valence-electron chi connectivity index (χ0n) is 12.7. The predicted octanol–water partition coefficient (Wildman–Crippen LogP) is 2.17. The van der Waals surface area contributed by atoms with Crippen molar-refractivity contribution in [2.24, 2.45) is 0 Å². The lowest BCUT2D eigenvalue weighted by molar-refractivity contribution is -0.130. The number of pyridine rings is 1. The van der Waals surface area contributed by atoms with E-state index in [1.807, 2.05) is 12.1 Å². The fourth-order valence-electron chi connectivity index (χ4n) is 2.17. The Balaban J connectivity index is 2.24. The number of thioether (sulfide) groups is 1. The molecule has 2 amide bonds. The van der Waals surface area contributed by atoms with Crippen LogP contribution in [0.1, 0.15) is 26.2 Å². The highest BCUT2D eigenvalue weighted by Crippen LogP contribution is 2.38. The largest absolute Gasteiger partial charge is 0.349 e. The van der Waals surface area contributed by atoms with Crippen molar-refractivity contribution in [1.82, 2.24) is 9.88 Å². The van der Waals surface area contributed by atoms with Crippen molar-refractivity contribution in [3.05, 3.63) is 18.3 Å². The molecule has 0 saturated heterocycles. The third-order valence-electron chi connectivity index (χ3n) is 3.43. The Hall–Kier alpha value is -1.56. The monoisotopic (exact) mass is 307 g/mol. The number of aromatic nitrogens is 1. The van der Waals surface area contributed by atoms with Crippen LogP contribution < -0.4 is 4.90 Å². The van der Waals surface area contributed by atoms with Crippen LogP contribution in [0.5, 0.6) is 0 Å². The van der Waals surface area contributed by atoms with Gasteiger partial charge in [-0.15, -0.1) is 0 Å². The molecule has 21 heavy (non-hydrogen) atoms. The molecule has 1 aliphatic heterocycles. The van der Waals surface area contributed by atoms with Gasteiger partial charge in [0.2, 0.25) is 11.8 Å². The molecule has 0 unspecified atom stereocenters. The molecular weight excluding hydrogens is 286 g/mol. The Labute approximate surface area is 129 Å². The number of hydrogen-bond acceptors (Lipinski definition) is 4. The number of unbranched alkanes of at least 4 members (excludes halogenated alkanes) is 1. The molecule has 0 spiro atoms. The number of fused-ring (bicyclic) bond motifs is 1. The molecule has 6 heteroatoms. The van der Waals surface area contributed by atoms with Gasteiger partial charge in [0.1, 0.15) is 5.03 Å². The van der Waals surface area contributed by atoms with Crippen molar-refractivity contribution in [2.45, 2.75) is 36.5 Å². The van der Waals surface area contributed by atoms with E-state index >= 15 is 0 Å². The van der Waals surface area contributed by atoms with Crippen LogP contribution in [0.15, 0.2) is 23.4 Å². The average Bonchev–Trinajstić information content (AvgIpc) is 2.47. The van der Waals surface area contributed by atoms with Crippen molar-refractivity contribution in [1.29, 1.82) is 0 Å². The van der Waals surface area contributed by atoms with Crippen molar-refractivity contribution in [2.75, 3.05) is 25.5 Å². The molecule has 114 valence electrons. The highest BCUT2D eigenvalue weighted by molar-refractivity contribution is 8.00. The van der Waals surface area contributed by atoms with Gasteiger partial charge in [-0.25, -0.2) is 4.98 Å². The van der Waals surface area contributed by atoms with Gasteiger partial charge in [-0.2, -0.15) is 0 Å². The summed E-state index contributed by atoms with van der Waals surface area (Å²) in [6.45, 7) is 2.78. The highest BCUT2D eigenvalue weighted by Gasteiger charge is 2.35. The third kappa shape index (κ3) is 3.56. The van der Waals surface area contributed by atoms with Crippen molar-refractivity contribution in [3.8, 4) is 0 Å². The number of carbonyl (C=O) groups is 2. The Bertz CT molecular complexity index is 533. The molecule has 0 N–H and O–H groups in total. The van der Waals surface area contributed by atoms with Gasteiger partial charge in [0.15, 0.2) is 0 Å².